The summed E-state index contributed by atoms with van der Waals surface area (Å²) in [5, 5.41) is 4.08. The Kier molecular flexibility index (Phi) is 3.21. The van der Waals surface area contributed by atoms with Crippen LogP contribution in [0, 0.1) is 0 Å². The summed E-state index contributed by atoms with van der Waals surface area (Å²) < 4.78 is 11.4. The molecule has 4 heteroatoms. The Morgan fingerprint density at radius 3 is 3.07 bits per heavy atom. The van der Waals surface area contributed by atoms with Crippen LogP contribution in [0.15, 0.2) is 24.3 Å². The van der Waals surface area contributed by atoms with E-state index in [4.69, 9.17) is 11.6 Å². The van der Waals surface area contributed by atoms with Crippen molar-refractivity contribution in [3.63, 3.8) is 0 Å². The van der Waals surface area contributed by atoms with E-state index in [0.717, 1.165) is 22.9 Å². The fourth-order valence-electron chi connectivity index (χ4n) is 1.61. The zero-order valence-corrected chi connectivity index (χ0v) is 9.27. The molecule has 1 saturated heterocycles. The van der Waals surface area contributed by atoms with Crippen LogP contribution in [0.1, 0.15) is 11.6 Å². The minimum Gasteiger partial charge on any atom is -0.308 e. The van der Waals surface area contributed by atoms with Gasteiger partial charge in [-0.1, -0.05) is 23.7 Å². The van der Waals surface area contributed by atoms with Crippen molar-refractivity contribution >= 4 is 22.4 Å². The highest BCUT2D eigenvalue weighted by molar-refractivity contribution is 7.85. The molecule has 2 rings (SSSR count). The highest BCUT2D eigenvalue weighted by Crippen LogP contribution is 2.20. The molecule has 0 saturated carbocycles. The lowest BCUT2D eigenvalue weighted by atomic mass is 10.1. The van der Waals surface area contributed by atoms with E-state index >= 15 is 0 Å². The Morgan fingerprint density at radius 1 is 1.50 bits per heavy atom. The quantitative estimate of drug-likeness (QED) is 0.795. The average molecular weight is 230 g/mol. The van der Waals surface area contributed by atoms with E-state index in [1.165, 1.54) is 0 Å². The molecule has 0 amide bonds. The maximum atomic E-state index is 11.4. The summed E-state index contributed by atoms with van der Waals surface area (Å²) in [7, 11) is -0.683. The van der Waals surface area contributed by atoms with Gasteiger partial charge in [-0.05, 0) is 17.7 Å². The molecule has 14 heavy (non-hydrogen) atoms. The Hall–Kier alpha value is -0.380. The van der Waals surface area contributed by atoms with Crippen LogP contribution < -0.4 is 5.32 Å². The average Bonchev–Trinajstić information content (AvgIpc) is 2.18. The van der Waals surface area contributed by atoms with Gasteiger partial charge in [0.2, 0.25) is 0 Å². The van der Waals surface area contributed by atoms with Crippen molar-refractivity contribution in [3.05, 3.63) is 34.9 Å². The van der Waals surface area contributed by atoms with Gasteiger partial charge < -0.3 is 5.32 Å². The molecule has 0 aliphatic carbocycles. The standard InChI is InChI=1S/C10H12ClNOS/c11-9-3-1-2-8(6-9)10-7-14(13)5-4-12-10/h1-3,6,10,12H,4-5,7H2. The SMILES string of the molecule is O=S1CCNC(c2cccc(Cl)c2)C1. The maximum Gasteiger partial charge on any atom is 0.0437 e. The van der Waals surface area contributed by atoms with E-state index in [0.29, 0.717) is 5.75 Å². The van der Waals surface area contributed by atoms with Gasteiger partial charge in [-0.25, -0.2) is 0 Å². The van der Waals surface area contributed by atoms with Gasteiger partial charge in [0.25, 0.3) is 0 Å². The fraction of sp³-hybridized carbons (Fsp3) is 0.400. The predicted molar refractivity (Wildman–Crippen MR) is 60.1 cm³/mol. The lowest BCUT2D eigenvalue weighted by Gasteiger charge is -2.23. The van der Waals surface area contributed by atoms with Crippen molar-refractivity contribution in [1.29, 1.82) is 0 Å². The molecule has 1 fully saturated rings. The van der Waals surface area contributed by atoms with Crippen molar-refractivity contribution < 1.29 is 4.21 Å². The first-order chi connectivity index (χ1) is 6.75. The van der Waals surface area contributed by atoms with E-state index < -0.39 is 10.8 Å². The topological polar surface area (TPSA) is 29.1 Å². The molecule has 0 spiro atoms. The van der Waals surface area contributed by atoms with Gasteiger partial charge >= 0.3 is 0 Å². The second-order valence-electron chi connectivity index (χ2n) is 3.37. The Bertz CT molecular complexity index is 356. The maximum absolute atomic E-state index is 11.4. The third-order valence-electron chi connectivity index (χ3n) is 2.32. The fourth-order valence-corrected chi connectivity index (χ4v) is 3.01. The molecule has 0 radical (unpaired) electrons. The molecule has 1 aliphatic heterocycles. The Balaban J connectivity index is 2.17. The van der Waals surface area contributed by atoms with E-state index in [2.05, 4.69) is 5.32 Å². The van der Waals surface area contributed by atoms with Crippen molar-refractivity contribution in [2.45, 2.75) is 6.04 Å². The lowest BCUT2D eigenvalue weighted by Crippen LogP contribution is -2.36. The number of hydrogen-bond acceptors (Lipinski definition) is 2. The Labute approximate surface area is 91.1 Å². The van der Waals surface area contributed by atoms with E-state index in [9.17, 15) is 4.21 Å². The van der Waals surface area contributed by atoms with Crippen LogP contribution in [0.25, 0.3) is 0 Å². The zero-order chi connectivity index (χ0) is 9.97. The summed E-state index contributed by atoms with van der Waals surface area (Å²) >= 11 is 5.90. The zero-order valence-electron chi connectivity index (χ0n) is 7.70. The highest BCUT2D eigenvalue weighted by Gasteiger charge is 2.19. The van der Waals surface area contributed by atoms with Gasteiger partial charge in [-0.15, -0.1) is 0 Å². The van der Waals surface area contributed by atoms with Crippen molar-refractivity contribution in [2.75, 3.05) is 18.1 Å². The summed E-state index contributed by atoms with van der Waals surface area (Å²) in [6.07, 6.45) is 0. The largest absolute Gasteiger partial charge is 0.308 e. The van der Waals surface area contributed by atoms with Crippen LogP contribution in [0.5, 0.6) is 0 Å². The molecular formula is C10H12ClNOS. The van der Waals surface area contributed by atoms with Gasteiger partial charge in [0.1, 0.15) is 0 Å². The first-order valence-electron chi connectivity index (χ1n) is 4.59. The third kappa shape index (κ3) is 2.35. The second kappa shape index (κ2) is 4.43. The van der Waals surface area contributed by atoms with Crippen LogP contribution in [-0.2, 0) is 10.8 Å². The molecular weight excluding hydrogens is 218 g/mol. The van der Waals surface area contributed by atoms with Gasteiger partial charge in [0.05, 0.1) is 0 Å². The number of rotatable bonds is 1. The normalized spacial score (nSPS) is 27.5. The summed E-state index contributed by atoms with van der Waals surface area (Å²) in [6.45, 7) is 0.823. The third-order valence-corrected chi connectivity index (χ3v) is 3.92. The van der Waals surface area contributed by atoms with Crippen molar-refractivity contribution in [1.82, 2.24) is 5.32 Å². The number of halogens is 1. The molecule has 1 N–H and O–H groups in total. The number of hydrogen-bond donors (Lipinski definition) is 1. The summed E-state index contributed by atoms with van der Waals surface area (Å²) in [5.41, 5.74) is 1.13. The highest BCUT2D eigenvalue weighted by atomic mass is 35.5. The molecule has 76 valence electrons. The molecule has 1 aliphatic rings. The molecule has 1 heterocycles. The monoisotopic (exact) mass is 229 g/mol. The van der Waals surface area contributed by atoms with Crippen LogP contribution in [-0.4, -0.2) is 22.3 Å². The van der Waals surface area contributed by atoms with Gasteiger partial charge in [-0.2, -0.15) is 0 Å². The predicted octanol–water partition coefficient (Wildman–Crippen LogP) is 1.73. The summed E-state index contributed by atoms with van der Waals surface area (Å²) in [5.74, 6) is 1.46. The van der Waals surface area contributed by atoms with E-state index in [1.54, 1.807) is 0 Å². The van der Waals surface area contributed by atoms with Crippen LogP contribution >= 0.6 is 11.6 Å². The van der Waals surface area contributed by atoms with E-state index in [-0.39, 0.29) is 6.04 Å². The number of benzene rings is 1. The van der Waals surface area contributed by atoms with Crippen LogP contribution in [0.4, 0.5) is 0 Å². The van der Waals surface area contributed by atoms with Crippen LogP contribution in [0.3, 0.4) is 0 Å². The van der Waals surface area contributed by atoms with Gasteiger partial charge in [0, 0.05) is 39.9 Å². The van der Waals surface area contributed by atoms with Gasteiger partial charge in [0.15, 0.2) is 0 Å². The summed E-state index contributed by atoms with van der Waals surface area (Å²) in [4.78, 5) is 0. The molecule has 1 aromatic carbocycles. The molecule has 2 unspecified atom stereocenters. The minimum absolute atomic E-state index is 0.197. The van der Waals surface area contributed by atoms with Crippen molar-refractivity contribution in [3.8, 4) is 0 Å². The lowest BCUT2D eigenvalue weighted by molar-refractivity contribution is 0.572. The van der Waals surface area contributed by atoms with Crippen molar-refractivity contribution in [2.24, 2.45) is 0 Å². The molecule has 2 nitrogen and oxygen atoms in total. The first kappa shape index (κ1) is 10.1. The minimum atomic E-state index is -0.683. The smallest absolute Gasteiger partial charge is 0.0437 e. The second-order valence-corrected chi connectivity index (χ2v) is 5.43. The number of nitrogens with one attached hydrogen (secondary N) is 1. The van der Waals surface area contributed by atoms with Gasteiger partial charge in [-0.3, -0.25) is 4.21 Å². The molecule has 2 atom stereocenters. The first-order valence-corrected chi connectivity index (χ1v) is 6.46. The molecule has 0 aromatic heterocycles. The summed E-state index contributed by atoms with van der Waals surface area (Å²) in [6, 6.07) is 7.93. The van der Waals surface area contributed by atoms with Crippen LogP contribution in [0.2, 0.25) is 5.02 Å². The molecule has 1 aromatic rings. The van der Waals surface area contributed by atoms with E-state index in [1.807, 2.05) is 24.3 Å². The molecule has 0 bridgehead atoms. The Morgan fingerprint density at radius 2 is 2.36 bits per heavy atom.